The molecular formula is C16H20N2OS. The second-order valence-corrected chi connectivity index (χ2v) is 5.44. The van der Waals surface area contributed by atoms with Gasteiger partial charge < -0.3 is 4.74 Å². The number of hydrogen-bond donors (Lipinski definition) is 2. The predicted molar refractivity (Wildman–Crippen MR) is 84.8 cm³/mol. The normalized spacial score (nSPS) is 12.1. The minimum atomic E-state index is 0.121. The summed E-state index contributed by atoms with van der Waals surface area (Å²) in [6, 6.07) is 18.5. The fourth-order valence-corrected chi connectivity index (χ4v) is 2.90. The SMILES string of the molecule is CCOc1ccc(C(CSc2ccccc2)NN)cc1. The number of hydrogen-bond acceptors (Lipinski definition) is 4. The molecule has 0 fully saturated rings. The molecule has 0 aliphatic rings. The molecule has 4 heteroatoms. The van der Waals surface area contributed by atoms with E-state index in [1.807, 2.05) is 37.3 Å². The maximum atomic E-state index is 5.67. The molecule has 0 amide bonds. The summed E-state index contributed by atoms with van der Waals surface area (Å²) in [5, 5.41) is 0. The average molecular weight is 288 g/mol. The van der Waals surface area contributed by atoms with Crippen LogP contribution in [-0.4, -0.2) is 12.4 Å². The summed E-state index contributed by atoms with van der Waals surface area (Å²) in [6.07, 6.45) is 0. The molecule has 3 N–H and O–H groups in total. The maximum absolute atomic E-state index is 5.67. The Morgan fingerprint density at radius 1 is 1.10 bits per heavy atom. The first kappa shape index (κ1) is 14.9. The van der Waals surface area contributed by atoms with Crippen molar-refractivity contribution in [3.63, 3.8) is 0 Å². The highest BCUT2D eigenvalue weighted by Gasteiger charge is 2.10. The van der Waals surface area contributed by atoms with Crippen LogP contribution in [0.4, 0.5) is 0 Å². The molecule has 0 saturated carbocycles. The Balaban J connectivity index is 1.97. The monoisotopic (exact) mass is 288 g/mol. The molecule has 2 aromatic rings. The predicted octanol–water partition coefficient (Wildman–Crippen LogP) is 3.38. The molecule has 0 spiro atoms. The molecule has 0 heterocycles. The van der Waals surface area contributed by atoms with Crippen LogP contribution in [0.5, 0.6) is 5.75 Å². The van der Waals surface area contributed by atoms with Crippen LogP contribution in [0.15, 0.2) is 59.5 Å². The Labute approximate surface area is 124 Å². The quantitative estimate of drug-likeness (QED) is 0.466. The van der Waals surface area contributed by atoms with E-state index in [1.54, 1.807) is 11.8 Å². The Morgan fingerprint density at radius 2 is 1.80 bits per heavy atom. The first-order valence-electron chi connectivity index (χ1n) is 6.70. The van der Waals surface area contributed by atoms with Gasteiger partial charge in [-0.15, -0.1) is 11.8 Å². The Morgan fingerprint density at radius 3 is 2.40 bits per heavy atom. The van der Waals surface area contributed by atoms with Crippen molar-refractivity contribution < 1.29 is 4.74 Å². The molecule has 0 aromatic heterocycles. The Kier molecular flexibility index (Phi) is 5.92. The molecule has 1 atom stereocenters. The summed E-state index contributed by atoms with van der Waals surface area (Å²) >= 11 is 1.79. The van der Waals surface area contributed by atoms with Crippen LogP contribution >= 0.6 is 11.8 Å². The number of ether oxygens (including phenoxy) is 1. The molecule has 0 saturated heterocycles. The van der Waals surface area contributed by atoms with Gasteiger partial charge in [0.1, 0.15) is 5.75 Å². The van der Waals surface area contributed by atoms with Crippen LogP contribution in [0.3, 0.4) is 0 Å². The smallest absolute Gasteiger partial charge is 0.119 e. The molecule has 3 nitrogen and oxygen atoms in total. The first-order chi connectivity index (χ1) is 9.83. The van der Waals surface area contributed by atoms with Gasteiger partial charge in [0, 0.05) is 10.6 Å². The molecule has 20 heavy (non-hydrogen) atoms. The Bertz CT molecular complexity index is 502. The summed E-state index contributed by atoms with van der Waals surface area (Å²) in [5.41, 5.74) is 4.04. The second kappa shape index (κ2) is 7.94. The fraction of sp³-hybridized carbons (Fsp3) is 0.250. The van der Waals surface area contributed by atoms with Gasteiger partial charge in [0.2, 0.25) is 0 Å². The number of nitrogens with two attached hydrogens (primary N) is 1. The van der Waals surface area contributed by atoms with Crippen molar-refractivity contribution in [3.05, 3.63) is 60.2 Å². The summed E-state index contributed by atoms with van der Waals surface area (Å²) < 4.78 is 5.45. The summed E-state index contributed by atoms with van der Waals surface area (Å²) in [4.78, 5) is 1.25. The summed E-state index contributed by atoms with van der Waals surface area (Å²) in [6.45, 7) is 2.66. The van der Waals surface area contributed by atoms with E-state index >= 15 is 0 Å². The van der Waals surface area contributed by atoms with Crippen molar-refractivity contribution in [1.82, 2.24) is 5.43 Å². The van der Waals surface area contributed by atoms with Gasteiger partial charge in [-0.25, -0.2) is 0 Å². The van der Waals surface area contributed by atoms with Crippen LogP contribution < -0.4 is 16.0 Å². The van der Waals surface area contributed by atoms with Crippen LogP contribution in [0, 0.1) is 0 Å². The minimum Gasteiger partial charge on any atom is -0.494 e. The molecule has 106 valence electrons. The van der Waals surface area contributed by atoms with Crippen molar-refractivity contribution in [2.75, 3.05) is 12.4 Å². The highest BCUT2D eigenvalue weighted by molar-refractivity contribution is 7.99. The van der Waals surface area contributed by atoms with Crippen LogP contribution in [0.1, 0.15) is 18.5 Å². The summed E-state index contributed by atoms with van der Waals surface area (Å²) in [5.74, 6) is 7.45. The topological polar surface area (TPSA) is 47.3 Å². The number of benzene rings is 2. The lowest BCUT2D eigenvalue weighted by Crippen LogP contribution is -2.29. The molecule has 0 aliphatic carbocycles. The summed E-state index contributed by atoms with van der Waals surface area (Å²) in [7, 11) is 0. The van der Waals surface area contributed by atoms with Crippen LogP contribution in [-0.2, 0) is 0 Å². The van der Waals surface area contributed by atoms with Gasteiger partial charge >= 0.3 is 0 Å². The highest BCUT2D eigenvalue weighted by atomic mass is 32.2. The molecule has 0 aliphatic heterocycles. The molecule has 2 aromatic carbocycles. The van der Waals surface area contributed by atoms with E-state index in [0.29, 0.717) is 6.61 Å². The van der Waals surface area contributed by atoms with E-state index in [1.165, 1.54) is 10.5 Å². The van der Waals surface area contributed by atoms with Gasteiger partial charge in [-0.2, -0.15) is 0 Å². The number of nitrogens with one attached hydrogen (secondary N) is 1. The lowest BCUT2D eigenvalue weighted by Gasteiger charge is -2.16. The number of hydrazine groups is 1. The third-order valence-electron chi connectivity index (χ3n) is 2.95. The van der Waals surface area contributed by atoms with E-state index in [2.05, 4.69) is 29.7 Å². The zero-order chi connectivity index (χ0) is 14.2. The first-order valence-corrected chi connectivity index (χ1v) is 7.68. The fourth-order valence-electron chi connectivity index (χ4n) is 1.90. The van der Waals surface area contributed by atoms with Gasteiger partial charge in [-0.3, -0.25) is 11.3 Å². The van der Waals surface area contributed by atoms with Crippen molar-refractivity contribution in [1.29, 1.82) is 0 Å². The molecule has 0 radical (unpaired) electrons. The zero-order valence-electron chi connectivity index (χ0n) is 11.6. The van der Waals surface area contributed by atoms with Crippen molar-refractivity contribution in [2.24, 2.45) is 5.84 Å². The van der Waals surface area contributed by atoms with E-state index in [9.17, 15) is 0 Å². The maximum Gasteiger partial charge on any atom is 0.119 e. The highest BCUT2D eigenvalue weighted by Crippen LogP contribution is 2.25. The van der Waals surface area contributed by atoms with Gasteiger partial charge in [0.25, 0.3) is 0 Å². The lowest BCUT2D eigenvalue weighted by atomic mass is 10.1. The lowest BCUT2D eigenvalue weighted by molar-refractivity contribution is 0.340. The van der Waals surface area contributed by atoms with E-state index in [-0.39, 0.29) is 6.04 Å². The zero-order valence-corrected chi connectivity index (χ0v) is 12.4. The molecular weight excluding hydrogens is 268 g/mol. The average Bonchev–Trinajstić information content (AvgIpc) is 2.51. The van der Waals surface area contributed by atoms with E-state index in [4.69, 9.17) is 10.6 Å². The van der Waals surface area contributed by atoms with Gasteiger partial charge in [-0.1, -0.05) is 30.3 Å². The number of thioether (sulfide) groups is 1. The van der Waals surface area contributed by atoms with Gasteiger partial charge in [-0.05, 0) is 36.8 Å². The van der Waals surface area contributed by atoms with Crippen LogP contribution in [0.25, 0.3) is 0 Å². The molecule has 0 bridgehead atoms. The van der Waals surface area contributed by atoms with E-state index in [0.717, 1.165) is 11.5 Å². The standard InChI is InChI=1S/C16H20N2OS/c1-2-19-14-10-8-13(9-11-14)16(18-17)12-20-15-6-4-3-5-7-15/h3-11,16,18H,2,12,17H2,1H3. The number of rotatable bonds is 7. The minimum absolute atomic E-state index is 0.121. The largest absolute Gasteiger partial charge is 0.494 e. The molecule has 1 unspecified atom stereocenters. The van der Waals surface area contributed by atoms with Crippen molar-refractivity contribution in [2.45, 2.75) is 17.9 Å². The molecule has 2 rings (SSSR count). The third-order valence-corrected chi connectivity index (χ3v) is 4.06. The third kappa shape index (κ3) is 4.27. The van der Waals surface area contributed by atoms with Gasteiger partial charge in [0.15, 0.2) is 0 Å². The van der Waals surface area contributed by atoms with Crippen molar-refractivity contribution >= 4 is 11.8 Å². The van der Waals surface area contributed by atoms with Gasteiger partial charge in [0.05, 0.1) is 12.6 Å². The Hall–Kier alpha value is -1.49. The second-order valence-electron chi connectivity index (χ2n) is 4.35. The van der Waals surface area contributed by atoms with Crippen LogP contribution in [0.2, 0.25) is 0 Å². The van der Waals surface area contributed by atoms with Crippen molar-refractivity contribution in [3.8, 4) is 5.75 Å². The van der Waals surface area contributed by atoms with E-state index < -0.39 is 0 Å².